The first-order valence-corrected chi connectivity index (χ1v) is 8.33. The Kier molecular flexibility index (Phi) is 3.83. The fourth-order valence-electron chi connectivity index (χ4n) is 3.81. The van der Waals surface area contributed by atoms with Gasteiger partial charge in [0.05, 0.1) is 31.2 Å². The Hall–Kier alpha value is -1.85. The molecule has 4 aliphatic rings. The van der Waals surface area contributed by atoms with E-state index in [4.69, 9.17) is 9.47 Å². The summed E-state index contributed by atoms with van der Waals surface area (Å²) >= 11 is 0. The van der Waals surface area contributed by atoms with E-state index in [0.29, 0.717) is 19.8 Å². The van der Waals surface area contributed by atoms with E-state index < -0.39 is 0 Å². The average Bonchev–Trinajstić information content (AvgIpc) is 2.60. The van der Waals surface area contributed by atoms with Gasteiger partial charge in [0.2, 0.25) is 0 Å². The van der Waals surface area contributed by atoms with E-state index in [0.717, 1.165) is 6.42 Å². The van der Waals surface area contributed by atoms with E-state index >= 15 is 0 Å². The molecule has 1 aliphatic carbocycles. The van der Waals surface area contributed by atoms with Crippen molar-refractivity contribution in [1.29, 1.82) is 0 Å². The van der Waals surface area contributed by atoms with Crippen LogP contribution in [0, 0.1) is 5.92 Å². The van der Waals surface area contributed by atoms with E-state index in [2.05, 4.69) is 46.8 Å². The topological polar surface area (TPSA) is 50.8 Å². The lowest BCUT2D eigenvalue weighted by atomic mass is 9.82. The number of morpholine rings is 1. The summed E-state index contributed by atoms with van der Waals surface area (Å²) in [4.78, 5) is 14.3. The van der Waals surface area contributed by atoms with E-state index in [-0.39, 0.29) is 30.1 Å². The second-order valence-electron chi connectivity index (χ2n) is 6.33. The zero-order chi connectivity index (χ0) is 15.8. The van der Waals surface area contributed by atoms with Gasteiger partial charge < -0.3 is 19.7 Å². The van der Waals surface area contributed by atoms with Gasteiger partial charge in [-0.05, 0) is 31.1 Å². The van der Waals surface area contributed by atoms with Crippen LogP contribution in [0.25, 0.3) is 0 Å². The van der Waals surface area contributed by atoms with Gasteiger partial charge in [0.1, 0.15) is 6.10 Å². The average molecular weight is 314 g/mol. The lowest BCUT2D eigenvalue weighted by Crippen LogP contribution is -2.57. The summed E-state index contributed by atoms with van der Waals surface area (Å²) in [6, 6.07) is 0.439. The number of esters is 1. The first-order valence-electron chi connectivity index (χ1n) is 8.33. The number of ether oxygens (including phenoxy) is 2. The third kappa shape index (κ3) is 2.54. The molecular formula is C18H22N2O3. The molecule has 2 saturated heterocycles. The van der Waals surface area contributed by atoms with Crippen LogP contribution in [0.3, 0.4) is 0 Å². The van der Waals surface area contributed by atoms with Crippen LogP contribution in [0.1, 0.15) is 13.3 Å². The highest BCUT2D eigenvalue weighted by Gasteiger charge is 2.42. The molecule has 0 bridgehead atoms. The SMILES string of the molecule is CCOC(=O)C1CNC2C(=CC=C3C2OCC2C=CC=CN32)C1. The molecule has 23 heavy (non-hydrogen) atoms. The quantitative estimate of drug-likeness (QED) is 0.783. The largest absolute Gasteiger partial charge is 0.466 e. The minimum Gasteiger partial charge on any atom is -0.466 e. The monoisotopic (exact) mass is 314 g/mol. The highest BCUT2D eigenvalue weighted by molar-refractivity contribution is 5.73. The van der Waals surface area contributed by atoms with Gasteiger partial charge in [0, 0.05) is 18.4 Å². The Morgan fingerprint density at radius 2 is 2.35 bits per heavy atom. The minimum absolute atomic E-state index is 0.0190. The predicted octanol–water partition coefficient (Wildman–Crippen LogP) is 1.50. The maximum Gasteiger partial charge on any atom is 0.310 e. The van der Waals surface area contributed by atoms with Gasteiger partial charge in [-0.3, -0.25) is 4.79 Å². The number of hydrogen-bond acceptors (Lipinski definition) is 5. The Balaban J connectivity index is 1.55. The van der Waals surface area contributed by atoms with Crippen LogP contribution in [-0.2, 0) is 14.3 Å². The molecular weight excluding hydrogens is 292 g/mol. The second-order valence-corrected chi connectivity index (χ2v) is 6.33. The molecule has 122 valence electrons. The summed E-state index contributed by atoms with van der Waals surface area (Å²) in [7, 11) is 0. The zero-order valence-corrected chi connectivity index (χ0v) is 13.3. The van der Waals surface area contributed by atoms with Gasteiger partial charge in [-0.1, -0.05) is 18.2 Å². The molecule has 1 N–H and O–H groups in total. The van der Waals surface area contributed by atoms with Crippen molar-refractivity contribution in [2.75, 3.05) is 19.8 Å². The van der Waals surface area contributed by atoms with E-state index in [1.807, 2.05) is 6.92 Å². The smallest absolute Gasteiger partial charge is 0.310 e. The number of nitrogens with zero attached hydrogens (tertiary/aromatic N) is 1. The molecule has 4 rings (SSSR count). The molecule has 2 fully saturated rings. The number of fused-ring (bicyclic) bond motifs is 5. The summed E-state index contributed by atoms with van der Waals surface area (Å²) in [6.45, 7) is 3.62. The molecule has 4 atom stereocenters. The highest BCUT2D eigenvalue weighted by Crippen LogP contribution is 2.36. The molecule has 0 aromatic heterocycles. The molecule has 5 heteroatoms. The summed E-state index contributed by atoms with van der Waals surface area (Å²) in [5.74, 6) is -0.204. The lowest BCUT2D eigenvalue weighted by molar-refractivity contribution is -0.148. The number of rotatable bonds is 2. The molecule has 0 aromatic rings. The summed E-state index contributed by atoms with van der Waals surface area (Å²) < 4.78 is 11.3. The van der Waals surface area contributed by atoms with Crippen molar-refractivity contribution in [3.63, 3.8) is 0 Å². The van der Waals surface area contributed by atoms with Crippen LogP contribution in [0.2, 0.25) is 0 Å². The maximum absolute atomic E-state index is 12.0. The van der Waals surface area contributed by atoms with Gasteiger partial charge in [-0.2, -0.15) is 0 Å². The standard InChI is InChI=1S/C18H22N2O3/c1-2-22-18(21)13-9-12-6-7-15-17(16(12)19-10-13)23-11-14-5-3-4-8-20(14)15/h3-8,13-14,16-17,19H,2,9-11H2,1H3. The number of hydrogen-bond donors (Lipinski definition) is 1. The van der Waals surface area contributed by atoms with E-state index in [9.17, 15) is 4.79 Å². The van der Waals surface area contributed by atoms with Crippen LogP contribution in [-0.4, -0.2) is 48.8 Å². The van der Waals surface area contributed by atoms with Crippen LogP contribution >= 0.6 is 0 Å². The molecule has 3 aliphatic heterocycles. The number of nitrogens with one attached hydrogen (secondary N) is 1. The third-order valence-corrected chi connectivity index (χ3v) is 4.94. The van der Waals surface area contributed by atoms with Crippen molar-refractivity contribution < 1.29 is 14.3 Å². The molecule has 3 heterocycles. The molecule has 4 unspecified atom stereocenters. The molecule has 5 nitrogen and oxygen atoms in total. The van der Waals surface area contributed by atoms with Crippen molar-refractivity contribution in [1.82, 2.24) is 10.2 Å². The summed E-state index contributed by atoms with van der Waals surface area (Å²) in [5, 5.41) is 3.50. The van der Waals surface area contributed by atoms with Crippen LogP contribution in [0.5, 0.6) is 0 Å². The van der Waals surface area contributed by atoms with E-state index in [1.54, 1.807) is 0 Å². The molecule has 0 radical (unpaired) electrons. The van der Waals surface area contributed by atoms with Gasteiger partial charge in [-0.25, -0.2) is 0 Å². The second kappa shape index (κ2) is 5.98. The minimum atomic E-state index is -0.108. The van der Waals surface area contributed by atoms with Crippen LogP contribution < -0.4 is 5.32 Å². The van der Waals surface area contributed by atoms with Crippen LogP contribution in [0.4, 0.5) is 0 Å². The molecule has 0 saturated carbocycles. The van der Waals surface area contributed by atoms with Crippen molar-refractivity contribution in [3.8, 4) is 0 Å². The first kappa shape index (κ1) is 14.7. The third-order valence-electron chi connectivity index (χ3n) is 4.94. The van der Waals surface area contributed by atoms with Gasteiger partial charge in [-0.15, -0.1) is 0 Å². The lowest BCUT2D eigenvalue weighted by Gasteiger charge is -2.47. The van der Waals surface area contributed by atoms with Crippen LogP contribution in [0.15, 0.2) is 47.9 Å². The fourth-order valence-corrected chi connectivity index (χ4v) is 3.81. The van der Waals surface area contributed by atoms with Gasteiger partial charge in [0.15, 0.2) is 0 Å². The zero-order valence-electron chi connectivity index (χ0n) is 13.3. The van der Waals surface area contributed by atoms with Gasteiger partial charge >= 0.3 is 5.97 Å². The fraction of sp³-hybridized carbons (Fsp3) is 0.500. The predicted molar refractivity (Wildman–Crippen MR) is 86.3 cm³/mol. The van der Waals surface area contributed by atoms with Gasteiger partial charge in [0.25, 0.3) is 0 Å². The Labute approximate surface area is 136 Å². The van der Waals surface area contributed by atoms with Crippen molar-refractivity contribution in [3.05, 3.63) is 47.9 Å². The number of piperidine rings is 1. The Bertz CT molecular complexity index is 620. The maximum atomic E-state index is 12.0. The van der Waals surface area contributed by atoms with Crippen molar-refractivity contribution in [2.24, 2.45) is 5.92 Å². The number of carbonyl (C=O) groups is 1. The normalized spacial score (nSPS) is 34.7. The molecule has 0 spiro atoms. The summed E-state index contributed by atoms with van der Waals surface area (Å²) in [5.41, 5.74) is 2.43. The molecule has 0 aromatic carbocycles. The number of allylic oxidation sites excluding steroid dienone is 4. The molecule has 0 amide bonds. The van der Waals surface area contributed by atoms with Crippen molar-refractivity contribution >= 4 is 5.97 Å². The first-order chi connectivity index (χ1) is 11.3. The highest BCUT2D eigenvalue weighted by atomic mass is 16.5. The van der Waals surface area contributed by atoms with E-state index in [1.165, 1.54) is 11.3 Å². The Morgan fingerprint density at radius 1 is 1.43 bits per heavy atom. The summed E-state index contributed by atoms with van der Waals surface area (Å²) in [6.07, 6.45) is 13.5. The van der Waals surface area contributed by atoms with Crippen molar-refractivity contribution in [2.45, 2.75) is 31.5 Å². The Morgan fingerprint density at radius 3 is 3.22 bits per heavy atom. The number of carbonyl (C=O) groups excluding carboxylic acids is 1.